The van der Waals surface area contributed by atoms with Gasteiger partial charge in [0.15, 0.2) is 5.75 Å². The van der Waals surface area contributed by atoms with Crippen molar-refractivity contribution in [1.29, 1.82) is 0 Å². The van der Waals surface area contributed by atoms with Crippen molar-refractivity contribution in [2.24, 2.45) is 5.92 Å². The third-order valence-electron chi connectivity index (χ3n) is 6.50. The van der Waals surface area contributed by atoms with E-state index in [1.54, 1.807) is 54.6 Å². The molecule has 8 nitrogen and oxygen atoms in total. The zero-order chi connectivity index (χ0) is 24.7. The smallest absolute Gasteiger partial charge is 0.311 e. The van der Waals surface area contributed by atoms with Crippen molar-refractivity contribution in [2.75, 3.05) is 17.1 Å². The number of nitro groups is 1. The number of nitrogens with one attached hydrogen (secondary N) is 2. The molecule has 1 aliphatic heterocycles. The summed E-state index contributed by atoms with van der Waals surface area (Å²) in [6.45, 7) is 0. The molecular weight excluding hydrogens is 534 g/mol. The summed E-state index contributed by atoms with van der Waals surface area (Å²) in [6.07, 6.45) is 4.95. The molecule has 0 unspecified atom stereocenters. The lowest BCUT2D eigenvalue weighted by Crippen LogP contribution is -2.29. The van der Waals surface area contributed by atoms with E-state index in [0.29, 0.717) is 5.69 Å². The van der Waals surface area contributed by atoms with E-state index in [1.807, 2.05) is 6.07 Å². The Balaban J connectivity index is 1.49. The second-order valence-electron chi connectivity index (χ2n) is 8.53. The highest BCUT2D eigenvalue weighted by Gasteiger charge is 2.39. The van der Waals surface area contributed by atoms with Gasteiger partial charge in [0.2, 0.25) is 0 Å². The number of sulfonamides is 1. The number of nitro benzene ring substituents is 1. The summed E-state index contributed by atoms with van der Waals surface area (Å²) in [5.74, 6) is 0.289. The van der Waals surface area contributed by atoms with Crippen LogP contribution in [0.5, 0.6) is 5.75 Å². The Morgan fingerprint density at radius 1 is 1.11 bits per heavy atom. The van der Waals surface area contributed by atoms with Crippen LogP contribution in [0.4, 0.5) is 17.1 Å². The van der Waals surface area contributed by atoms with Gasteiger partial charge < -0.3 is 10.1 Å². The first kappa shape index (κ1) is 23.4. The van der Waals surface area contributed by atoms with Gasteiger partial charge in [0.05, 0.1) is 23.0 Å². The van der Waals surface area contributed by atoms with Crippen LogP contribution in [0.1, 0.15) is 29.5 Å². The third kappa shape index (κ3) is 4.39. The normalized spacial score (nSPS) is 20.5. The average Bonchev–Trinajstić information content (AvgIpc) is 3.34. The van der Waals surface area contributed by atoms with Crippen LogP contribution in [0.25, 0.3) is 0 Å². The lowest BCUT2D eigenvalue weighted by molar-refractivity contribution is -0.385. The molecular formula is C25H22BrN3O5S. The van der Waals surface area contributed by atoms with Crippen molar-refractivity contribution >= 4 is 43.0 Å². The first-order valence-electron chi connectivity index (χ1n) is 10.9. The Bertz CT molecular complexity index is 1440. The van der Waals surface area contributed by atoms with E-state index in [1.165, 1.54) is 7.11 Å². The second kappa shape index (κ2) is 9.01. The van der Waals surface area contributed by atoms with Crippen LogP contribution >= 0.6 is 15.9 Å². The maximum atomic E-state index is 13.1. The number of fused-ring (bicyclic) bond motifs is 3. The van der Waals surface area contributed by atoms with E-state index >= 15 is 0 Å². The van der Waals surface area contributed by atoms with Crippen molar-refractivity contribution in [2.45, 2.75) is 23.3 Å². The molecule has 5 rings (SSSR count). The number of allylic oxidation sites excluding steroid dienone is 2. The lowest BCUT2D eigenvalue weighted by Gasteiger charge is -2.37. The zero-order valence-electron chi connectivity index (χ0n) is 18.6. The summed E-state index contributed by atoms with van der Waals surface area (Å²) in [5, 5.41) is 15.0. The third-order valence-corrected chi connectivity index (χ3v) is 8.41. The summed E-state index contributed by atoms with van der Waals surface area (Å²) in [5.41, 5.74) is 2.88. The summed E-state index contributed by atoms with van der Waals surface area (Å²) >= 11 is 3.35. The highest BCUT2D eigenvalue weighted by atomic mass is 79.9. The number of rotatable bonds is 6. The summed E-state index contributed by atoms with van der Waals surface area (Å²) in [4.78, 5) is 11.3. The number of methoxy groups -OCH3 is 1. The van der Waals surface area contributed by atoms with Gasteiger partial charge >= 0.3 is 5.69 Å². The minimum absolute atomic E-state index is 0.0137. The molecule has 35 heavy (non-hydrogen) atoms. The number of hydrogen-bond donors (Lipinski definition) is 2. The summed E-state index contributed by atoms with van der Waals surface area (Å²) < 4.78 is 34.8. The van der Waals surface area contributed by atoms with E-state index in [2.05, 4.69) is 38.1 Å². The van der Waals surface area contributed by atoms with Gasteiger partial charge in [-0.2, -0.15) is 0 Å². The number of hydrogen-bond acceptors (Lipinski definition) is 6. The van der Waals surface area contributed by atoms with Crippen molar-refractivity contribution < 1.29 is 18.1 Å². The molecule has 0 saturated carbocycles. The molecule has 3 aromatic rings. The Morgan fingerprint density at radius 3 is 2.60 bits per heavy atom. The zero-order valence-corrected chi connectivity index (χ0v) is 21.0. The van der Waals surface area contributed by atoms with Crippen LogP contribution in [0, 0.1) is 16.0 Å². The molecule has 3 aromatic carbocycles. The molecule has 180 valence electrons. The van der Waals surface area contributed by atoms with Crippen LogP contribution in [-0.2, 0) is 10.0 Å². The van der Waals surface area contributed by atoms with Crippen LogP contribution in [0.2, 0.25) is 0 Å². The van der Waals surface area contributed by atoms with Gasteiger partial charge in [0.25, 0.3) is 10.0 Å². The minimum atomic E-state index is -3.78. The standard InChI is InChI=1S/C25H22BrN3O5S/c1-34-24-12-5-15(13-23(24)29(30)31)25-20-4-2-3-19(20)21-14-18(10-11-22(21)27-25)35(32,33)28-17-8-6-16(26)7-9-17/h2-3,5-14,19-20,25,27-28H,4H2,1H3/t19-,20+,25+/m0/s1. The van der Waals surface area contributed by atoms with Crippen LogP contribution < -0.4 is 14.8 Å². The molecule has 0 saturated heterocycles. The first-order chi connectivity index (χ1) is 16.8. The fourth-order valence-corrected chi connectivity index (χ4v) is 6.20. The number of anilines is 2. The van der Waals surface area contributed by atoms with E-state index in [4.69, 9.17) is 4.74 Å². The Morgan fingerprint density at radius 2 is 1.89 bits per heavy atom. The maximum Gasteiger partial charge on any atom is 0.311 e. The van der Waals surface area contributed by atoms with Gasteiger partial charge in [-0.25, -0.2) is 8.42 Å². The molecule has 0 bridgehead atoms. The Kier molecular flexibility index (Phi) is 6.02. The van der Waals surface area contributed by atoms with Crippen molar-refractivity contribution in [3.05, 3.63) is 98.5 Å². The van der Waals surface area contributed by atoms with Crippen molar-refractivity contribution in [3.63, 3.8) is 0 Å². The number of nitrogens with zero attached hydrogens (tertiary/aromatic N) is 1. The molecule has 1 heterocycles. The van der Waals surface area contributed by atoms with Crippen LogP contribution in [-0.4, -0.2) is 20.5 Å². The molecule has 0 radical (unpaired) electrons. The quantitative estimate of drug-likeness (QED) is 0.219. The van der Waals surface area contributed by atoms with Gasteiger partial charge in [-0.15, -0.1) is 0 Å². The SMILES string of the molecule is COc1ccc([C@H]2Nc3ccc(S(=O)(=O)Nc4ccc(Br)cc4)cc3[C@H]3C=CC[C@H]32)cc1[N+](=O)[O-]. The largest absolute Gasteiger partial charge is 0.490 e. The van der Waals surface area contributed by atoms with Gasteiger partial charge in [-0.05, 0) is 72.0 Å². The minimum Gasteiger partial charge on any atom is -0.490 e. The molecule has 2 aliphatic rings. The van der Waals surface area contributed by atoms with E-state index in [9.17, 15) is 18.5 Å². The van der Waals surface area contributed by atoms with Crippen LogP contribution in [0.15, 0.2) is 82.2 Å². The number of ether oxygens (including phenoxy) is 1. The Hall–Kier alpha value is -3.37. The second-order valence-corrected chi connectivity index (χ2v) is 11.1. The van der Waals surface area contributed by atoms with Crippen LogP contribution in [0.3, 0.4) is 0 Å². The summed E-state index contributed by atoms with van der Waals surface area (Å²) in [6, 6.07) is 16.8. The predicted octanol–water partition coefficient (Wildman–Crippen LogP) is 5.99. The molecule has 1 aliphatic carbocycles. The van der Waals surface area contributed by atoms with Gasteiger partial charge in [-0.1, -0.05) is 34.1 Å². The van der Waals surface area contributed by atoms with Crippen molar-refractivity contribution in [1.82, 2.24) is 0 Å². The summed E-state index contributed by atoms with van der Waals surface area (Å²) in [7, 11) is -2.37. The fraction of sp³-hybridized carbons (Fsp3) is 0.200. The molecule has 3 atom stereocenters. The topological polar surface area (TPSA) is 111 Å². The van der Waals surface area contributed by atoms with Gasteiger partial charge in [-0.3, -0.25) is 14.8 Å². The molecule has 0 fully saturated rings. The molecule has 0 spiro atoms. The first-order valence-corrected chi connectivity index (χ1v) is 13.2. The van der Waals surface area contributed by atoms with Gasteiger partial charge in [0.1, 0.15) is 0 Å². The molecule has 10 heteroatoms. The van der Waals surface area contributed by atoms with E-state index in [0.717, 1.165) is 27.7 Å². The highest BCUT2D eigenvalue weighted by molar-refractivity contribution is 9.10. The average molecular weight is 556 g/mol. The maximum absolute atomic E-state index is 13.1. The monoisotopic (exact) mass is 555 g/mol. The fourth-order valence-electron chi connectivity index (χ4n) is 4.84. The number of benzene rings is 3. The van der Waals surface area contributed by atoms with Gasteiger partial charge in [0, 0.05) is 27.8 Å². The number of halogens is 1. The predicted molar refractivity (Wildman–Crippen MR) is 137 cm³/mol. The van der Waals surface area contributed by atoms with E-state index < -0.39 is 14.9 Å². The molecule has 0 aromatic heterocycles. The Labute approximate surface area is 211 Å². The van der Waals surface area contributed by atoms with Crippen molar-refractivity contribution in [3.8, 4) is 5.75 Å². The molecule has 0 amide bonds. The highest BCUT2D eigenvalue weighted by Crippen LogP contribution is 2.51. The van der Waals surface area contributed by atoms with E-state index in [-0.39, 0.29) is 34.2 Å². The lowest BCUT2D eigenvalue weighted by atomic mass is 9.77. The molecule has 2 N–H and O–H groups in total.